The summed E-state index contributed by atoms with van der Waals surface area (Å²) < 4.78 is 39.3. The molecule has 0 aliphatic carbocycles. The summed E-state index contributed by atoms with van der Waals surface area (Å²) in [5.74, 6) is -0.756. The molecule has 1 amide bonds. The molecule has 1 aromatic rings. The van der Waals surface area contributed by atoms with Crippen molar-refractivity contribution in [2.24, 2.45) is 0 Å². The fourth-order valence-corrected chi connectivity index (χ4v) is 3.96. The number of hydrogen-bond donors (Lipinski definition) is 3. The average Bonchev–Trinajstić information content (AvgIpc) is 2.78. The molecule has 1 aliphatic rings. The highest BCUT2D eigenvalue weighted by Gasteiger charge is 2.35. The SMILES string of the molecule is CC(O)(CCCCCCCCCN1CCNCC1)C(=O)Nc1ccc(C#N)c(C(F)(F)F)c1. The standard InChI is InChI=1S/C24H35F3N4O2/c1-23(33,11-7-5-3-2-4-6-8-14-31-15-12-29-13-16-31)22(32)30-20-10-9-19(18-28)21(17-20)24(25,26)27/h9-10,17,29,33H,2-8,11-16H2,1H3,(H,30,32). The third-order valence-electron chi connectivity index (χ3n) is 6.04. The van der Waals surface area contributed by atoms with Gasteiger partial charge in [-0.2, -0.15) is 18.4 Å². The van der Waals surface area contributed by atoms with Gasteiger partial charge in [0.1, 0.15) is 5.60 Å². The molecule has 0 aromatic heterocycles. The minimum atomic E-state index is -4.71. The normalized spacial score (nSPS) is 16.7. The number of unbranched alkanes of at least 4 members (excludes halogenated alkanes) is 6. The van der Waals surface area contributed by atoms with Gasteiger partial charge in [0.15, 0.2) is 0 Å². The number of anilines is 1. The Morgan fingerprint density at radius 1 is 1.12 bits per heavy atom. The van der Waals surface area contributed by atoms with E-state index in [1.54, 1.807) is 0 Å². The molecule has 0 bridgehead atoms. The van der Waals surface area contributed by atoms with Crippen LogP contribution in [0.15, 0.2) is 18.2 Å². The number of hydrogen-bond acceptors (Lipinski definition) is 5. The maximum absolute atomic E-state index is 13.1. The Labute approximate surface area is 194 Å². The second-order valence-corrected chi connectivity index (χ2v) is 8.91. The van der Waals surface area contributed by atoms with Gasteiger partial charge in [-0.25, -0.2) is 0 Å². The first kappa shape index (κ1) is 27.1. The predicted molar refractivity (Wildman–Crippen MR) is 122 cm³/mol. The fraction of sp³-hybridized carbons (Fsp3) is 0.667. The quantitative estimate of drug-likeness (QED) is 0.398. The average molecular weight is 469 g/mol. The van der Waals surface area contributed by atoms with Crippen molar-refractivity contribution in [3.63, 3.8) is 0 Å². The van der Waals surface area contributed by atoms with E-state index in [9.17, 15) is 23.1 Å². The van der Waals surface area contributed by atoms with Crippen molar-refractivity contribution in [2.45, 2.75) is 70.1 Å². The highest BCUT2D eigenvalue weighted by Crippen LogP contribution is 2.33. The van der Waals surface area contributed by atoms with Crippen molar-refractivity contribution < 1.29 is 23.1 Å². The second-order valence-electron chi connectivity index (χ2n) is 8.91. The van der Waals surface area contributed by atoms with E-state index in [1.807, 2.05) is 0 Å². The first-order chi connectivity index (χ1) is 15.6. The van der Waals surface area contributed by atoms with Gasteiger partial charge in [-0.15, -0.1) is 0 Å². The molecule has 33 heavy (non-hydrogen) atoms. The van der Waals surface area contributed by atoms with Gasteiger partial charge in [0.2, 0.25) is 0 Å². The van der Waals surface area contributed by atoms with Crippen LogP contribution >= 0.6 is 0 Å². The van der Waals surface area contributed by atoms with Crippen LogP contribution in [0.25, 0.3) is 0 Å². The summed E-state index contributed by atoms with van der Waals surface area (Å²) in [5, 5.41) is 25.0. The van der Waals surface area contributed by atoms with Crippen molar-refractivity contribution in [1.82, 2.24) is 10.2 Å². The summed E-state index contributed by atoms with van der Waals surface area (Å²) in [4.78, 5) is 14.9. The van der Waals surface area contributed by atoms with Crippen LogP contribution in [0, 0.1) is 11.3 Å². The highest BCUT2D eigenvalue weighted by molar-refractivity contribution is 5.96. The summed E-state index contributed by atoms with van der Waals surface area (Å²) in [6.07, 6.45) is 2.78. The van der Waals surface area contributed by atoms with Crippen LogP contribution in [0.2, 0.25) is 0 Å². The molecule has 1 unspecified atom stereocenters. The number of benzene rings is 1. The topological polar surface area (TPSA) is 88.4 Å². The third kappa shape index (κ3) is 9.32. The first-order valence-corrected chi connectivity index (χ1v) is 11.7. The van der Waals surface area contributed by atoms with Gasteiger partial charge in [-0.1, -0.05) is 38.5 Å². The molecule has 0 saturated carbocycles. The minimum absolute atomic E-state index is 0.104. The lowest BCUT2D eigenvalue weighted by atomic mass is 9.96. The molecule has 1 fully saturated rings. The molecular formula is C24H35F3N4O2. The van der Waals surface area contributed by atoms with E-state index in [-0.39, 0.29) is 12.1 Å². The number of rotatable bonds is 12. The summed E-state index contributed by atoms with van der Waals surface area (Å²) in [6, 6.07) is 4.45. The molecular weight excluding hydrogens is 433 g/mol. The summed E-state index contributed by atoms with van der Waals surface area (Å²) in [5.41, 5.74) is -3.42. The number of carbonyl (C=O) groups is 1. The zero-order valence-corrected chi connectivity index (χ0v) is 19.3. The molecule has 1 atom stereocenters. The number of nitriles is 1. The summed E-state index contributed by atoms with van der Waals surface area (Å²) in [6.45, 7) is 6.92. The summed E-state index contributed by atoms with van der Waals surface area (Å²) >= 11 is 0. The van der Waals surface area contributed by atoms with Crippen LogP contribution < -0.4 is 10.6 Å². The van der Waals surface area contributed by atoms with Gasteiger partial charge >= 0.3 is 6.18 Å². The Kier molecular flexibility index (Phi) is 10.6. The number of alkyl halides is 3. The fourth-order valence-electron chi connectivity index (χ4n) is 3.96. The maximum Gasteiger partial charge on any atom is 0.417 e. The first-order valence-electron chi connectivity index (χ1n) is 11.7. The lowest BCUT2D eigenvalue weighted by Crippen LogP contribution is -2.43. The number of piperazine rings is 1. The smallest absolute Gasteiger partial charge is 0.380 e. The van der Waals surface area contributed by atoms with E-state index in [2.05, 4.69) is 15.5 Å². The molecule has 184 valence electrons. The third-order valence-corrected chi connectivity index (χ3v) is 6.04. The van der Waals surface area contributed by atoms with E-state index < -0.39 is 28.8 Å². The zero-order valence-electron chi connectivity index (χ0n) is 19.3. The Hall–Kier alpha value is -2.15. The van der Waals surface area contributed by atoms with E-state index in [0.29, 0.717) is 12.5 Å². The van der Waals surface area contributed by atoms with E-state index in [1.165, 1.54) is 38.3 Å². The Balaban J connectivity index is 1.65. The number of aliphatic hydroxyl groups is 1. The number of carbonyl (C=O) groups excluding carboxylic acids is 1. The van der Waals surface area contributed by atoms with Crippen LogP contribution in [-0.2, 0) is 11.0 Å². The second kappa shape index (κ2) is 12.9. The largest absolute Gasteiger partial charge is 0.417 e. The van der Waals surface area contributed by atoms with Crippen LogP contribution in [0.3, 0.4) is 0 Å². The molecule has 0 radical (unpaired) electrons. The number of nitrogens with one attached hydrogen (secondary N) is 2. The van der Waals surface area contributed by atoms with Crippen molar-refractivity contribution in [1.29, 1.82) is 5.26 Å². The van der Waals surface area contributed by atoms with E-state index >= 15 is 0 Å². The van der Waals surface area contributed by atoms with Gasteiger partial charge < -0.3 is 20.6 Å². The van der Waals surface area contributed by atoms with Crippen LogP contribution in [0.5, 0.6) is 0 Å². The lowest BCUT2D eigenvalue weighted by molar-refractivity contribution is -0.138. The van der Waals surface area contributed by atoms with Crippen LogP contribution in [-0.4, -0.2) is 54.2 Å². The molecule has 1 heterocycles. The molecule has 3 N–H and O–H groups in total. The molecule has 1 aliphatic heterocycles. The van der Waals surface area contributed by atoms with Crippen molar-refractivity contribution >= 4 is 11.6 Å². The summed E-state index contributed by atoms with van der Waals surface area (Å²) in [7, 11) is 0. The molecule has 1 aromatic carbocycles. The molecule has 9 heteroatoms. The number of amides is 1. The van der Waals surface area contributed by atoms with Crippen molar-refractivity contribution in [3.8, 4) is 6.07 Å². The van der Waals surface area contributed by atoms with Gasteiger partial charge in [-0.05, 0) is 44.5 Å². The van der Waals surface area contributed by atoms with Gasteiger partial charge in [0, 0.05) is 31.9 Å². The Morgan fingerprint density at radius 3 is 2.33 bits per heavy atom. The van der Waals surface area contributed by atoms with Gasteiger partial charge in [0.05, 0.1) is 17.2 Å². The molecule has 0 spiro atoms. The number of halogens is 3. The van der Waals surface area contributed by atoms with Crippen molar-refractivity contribution in [3.05, 3.63) is 29.3 Å². The highest BCUT2D eigenvalue weighted by atomic mass is 19.4. The Morgan fingerprint density at radius 2 is 1.73 bits per heavy atom. The lowest BCUT2D eigenvalue weighted by Gasteiger charge is -2.27. The van der Waals surface area contributed by atoms with E-state index in [0.717, 1.165) is 58.1 Å². The van der Waals surface area contributed by atoms with Gasteiger partial charge in [0.25, 0.3) is 5.91 Å². The minimum Gasteiger partial charge on any atom is -0.380 e. The van der Waals surface area contributed by atoms with E-state index in [4.69, 9.17) is 5.26 Å². The van der Waals surface area contributed by atoms with Crippen LogP contribution in [0.4, 0.5) is 18.9 Å². The Bertz CT molecular complexity index is 800. The predicted octanol–water partition coefficient (Wildman–Crippen LogP) is 4.29. The maximum atomic E-state index is 13.1. The zero-order chi connectivity index (χ0) is 24.3. The monoisotopic (exact) mass is 468 g/mol. The number of nitrogens with zero attached hydrogens (tertiary/aromatic N) is 2. The van der Waals surface area contributed by atoms with Crippen LogP contribution in [0.1, 0.15) is 69.4 Å². The molecule has 2 rings (SSSR count). The van der Waals surface area contributed by atoms with Crippen molar-refractivity contribution in [2.75, 3.05) is 38.0 Å². The van der Waals surface area contributed by atoms with Gasteiger partial charge in [-0.3, -0.25) is 4.79 Å². The molecule has 1 saturated heterocycles. The molecule has 6 nitrogen and oxygen atoms in total.